The largest absolute Gasteiger partial charge is 1.00 e. The normalized spacial score (nSPS) is 10.9. The van der Waals surface area contributed by atoms with E-state index >= 15 is 0 Å². The smallest absolute Gasteiger partial charge is 0.550 e. The fourth-order valence-corrected chi connectivity index (χ4v) is 8.82. The summed E-state index contributed by atoms with van der Waals surface area (Å²) in [5.41, 5.74) is 0. The van der Waals surface area contributed by atoms with E-state index in [2.05, 4.69) is 13.8 Å². The van der Waals surface area contributed by atoms with Gasteiger partial charge in [-0.1, -0.05) is 322 Å². The molecule has 0 bridgehead atoms. The van der Waals surface area contributed by atoms with Gasteiger partial charge in [0.05, 0.1) is 0 Å². The fraction of sp³-hybridized carbons (Fsp3) is 0.964. The third-order valence-electron chi connectivity index (χ3n) is 13.0. The number of carboxylic acid groups (broad SMARTS) is 2. The van der Waals surface area contributed by atoms with Gasteiger partial charge in [0.2, 0.25) is 0 Å². The number of carbonyl (C=O) groups is 2. The van der Waals surface area contributed by atoms with Gasteiger partial charge in [-0.05, 0) is 25.7 Å². The van der Waals surface area contributed by atoms with Gasteiger partial charge in [0.25, 0.3) is 0 Å². The molecule has 0 amide bonds. The molecule has 0 aromatic rings. The quantitative estimate of drug-likeness (QED) is 0.0450. The molecule has 0 heterocycles. The molecule has 62 heavy (non-hydrogen) atoms. The molecule has 0 aliphatic carbocycles. The summed E-state index contributed by atoms with van der Waals surface area (Å²) in [6, 6.07) is 0. The maximum absolute atomic E-state index is 10.3. The third-order valence-corrected chi connectivity index (χ3v) is 13.0. The molecule has 0 aromatic heterocycles. The van der Waals surface area contributed by atoms with Gasteiger partial charge in [0.15, 0.2) is 0 Å². The van der Waals surface area contributed by atoms with Crippen LogP contribution in [-0.4, -0.2) is 11.9 Å². The van der Waals surface area contributed by atoms with Gasteiger partial charge in [0.1, 0.15) is 0 Å². The van der Waals surface area contributed by atoms with E-state index in [1.165, 1.54) is 295 Å². The molecule has 0 radical (unpaired) electrons. The molecule has 0 fully saturated rings. The van der Waals surface area contributed by atoms with Crippen LogP contribution in [0.25, 0.3) is 0 Å². The maximum atomic E-state index is 10.3. The number of carbonyl (C=O) groups excluding carboxylic acids is 2. The first-order valence-corrected chi connectivity index (χ1v) is 27.9. The molecule has 0 saturated heterocycles. The van der Waals surface area contributed by atoms with Crippen molar-refractivity contribution in [3.8, 4) is 0 Å². The summed E-state index contributed by atoms with van der Waals surface area (Å²) in [6.07, 6.45) is 69.3. The van der Waals surface area contributed by atoms with Gasteiger partial charge in [0, 0.05) is 11.9 Å². The average molecular weight is 877 g/mol. The first-order valence-electron chi connectivity index (χ1n) is 27.9. The standard InChI is InChI=1S/2C28H56O2.Li.Na/c2*1-2-3-4-5-6-7-8-9-10-11-12-13-14-15-16-17-18-19-20-21-22-23-24-25-26-27-28(29)30;;/h2*2-27H2,1H3,(H,29,30);;/q;;2*+1/p-2. The second kappa shape index (κ2) is 65.8. The van der Waals surface area contributed by atoms with E-state index in [4.69, 9.17) is 0 Å². The Morgan fingerprint density at radius 1 is 0.226 bits per heavy atom. The van der Waals surface area contributed by atoms with Gasteiger partial charge in [-0.3, -0.25) is 0 Å². The van der Waals surface area contributed by atoms with E-state index in [1.54, 1.807) is 0 Å². The molecule has 0 rings (SSSR count). The van der Waals surface area contributed by atoms with Crippen molar-refractivity contribution < 1.29 is 68.2 Å². The Kier molecular flexibility index (Phi) is 73.4. The average Bonchev–Trinajstić information content (AvgIpc) is 3.23. The first kappa shape index (κ1) is 69.1. The molecule has 0 aliphatic rings. The molecule has 0 spiro atoms. The van der Waals surface area contributed by atoms with Crippen LogP contribution in [0, 0.1) is 0 Å². The number of aliphatic carboxylic acids is 2. The Bertz CT molecular complexity index is 732. The first-order chi connectivity index (χ1) is 29.5. The summed E-state index contributed by atoms with van der Waals surface area (Å²) in [5, 5.41) is 20.6. The zero-order valence-electron chi connectivity index (χ0n) is 43.4. The Balaban J connectivity index is -0.000000526. The Morgan fingerprint density at radius 2 is 0.323 bits per heavy atom. The van der Waals surface area contributed by atoms with Crippen LogP contribution in [-0.2, 0) is 9.59 Å². The van der Waals surface area contributed by atoms with Gasteiger partial charge in [-0.25, -0.2) is 0 Å². The summed E-state index contributed by atoms with van der Waals surface area (Å²) in [5.74, 6) is -1.80. The van der Waals surface area contributed by atoms with Crippen LogP contribution in [0.3, 0.4) is 0 Å². The minimum atomic E-state index is -0.899. The Hall–Kier alpha value is 0.537. The van der Waals surface area contributed by atoms with Crippen molar-refractivity contribution in [1.82, 2.24) is 0 Å². The second-order valence-corrected chi connectivity index (χ2v) is 19.2. The molecule has 0 saturated carbocycles. The van der Waals surface area contributed by atoms with E-state index in [1.807, 2.05) is 0 Å². The molecule has 0 aromatic carbocycles. The minimum Gasteiger partial charge on any atom is -0.550 e. The van der Waals surface area contributed by atoms with Crippen molar-refractivity contribution in [3.05, 3.63) is 0 Å². The van der Waals surface area contributed by atoms with Gasteiger partial charge in [-0.15, -0.1) is 0 Å². The Labute approximate surface area is 424 Å². The topological polar surface area (TPSA) is 80.3 Å². The summed E-state index contributed by atoms with van der Waals surface area (Å²) in [6.45, 7) is 4.59. The van der Waals surface area contributed by atoms with Crippen molar-refractivity contribution in [3.63, 3.8) is 0 Å². The number of hydrogen-bond acceptors (Lipinski definition) is 4. The van der Waals surface area contributed by atoms with Gasteiger partial charge in [-0.2, -0.15) is 0 Å². The minimum absolute atomic E-state index is 0. The second-order valence-electron chi connectivity index (χ2n) is 19.2. The van der Waals surface area contributed by atoms with Crippen molar-refractivity contribution in [2.75, 3.05) is 0 Å². The molecule has 0 atom stereocenters. The predicted molar refractivity (Wildman–Crippen MR) is 261 cm³/mol. The molecular formula is C56H110LiNaO4. The summed E-state index contributed by atoms with van der Waals surface area (Å²) in [7, 11) is 0. The molecule has 0 unspecified atom stereocenters. The van der Waals surface area contributed by atoms with Gasteiger partial charge < -0.3 is 19.8 Å². The van der Waals surface area contributed by atoms with Crippen molar-refractivity contribution in [1.29, 1.82) is 0 Å². The van der Waals surface area contributed by atoms with Crippen LogP contribution < -0.4 is 58.6 Å². The molecule has 0 N–H and O–H groups in total. The van der Waals surface area contributed by atoms with E-state index in [9.17, 15) is 19.8 Å². The number of unbranched alkanes of at least 4 members (excludes halogenated alkanes) is 48. The van der Waals surface area contributed by atoms with Crippen LogP contribution in [0.2, 0.25) is 0 Å². The van der Waals surface area contributed by atoms with E-state index in [-0.39, 0.29) is 61.3 Å². The molecular weight excluding hydrogens is 767 g/mol. The van der Waals surface area contributed by atoms with Crippen LogP contribution in [0.5, 0.6) is 0 Å². The van der Waals surface area contributed by atoms with E-state index in [0.717, 1.165) is 25.7 Å². The molecule has 6 heteroatoms. The molecule has 4 nitrogen and oxygen atoms in total. The fourth-order valence-electron chi connectivity index (χ4n) is 8.82. The zero-order valence-corrected chi connectivity index (χ0v) is 45.4. The molecule has 0 aliphatic heterocycles. The number of hydrogen-bond donors (Lipinski definition) is 0. The SMILES string of the molecule is CCCCCCCCCCCCCCCCCCCCCCCCCCCC(=O)[O-].CCCCCCCCCCCCCCCCCCCCCCCCCCCC(=O)[O-].[Li+].[Na+]. The van der Waals surface area contributed by atoms with Crippen molar-refractivity contribution in [2.24, 2.45) is 0 Å². The van der Waals surface area contributed by atoms with Crippen molar-refractivity contribution >= 4 is 11.9 Å². The monoisotopic (exact) mass is 877 g/mol. The Morgan fingerprint density at radius 3 is 0.419 bits per heavy atom. The van der Waals surface area contributed by atoms with Crippen LogP contribution in [0.1, 0.15) is 348 Å². The van der Waals surface area contributed by atoms with Crippen molar-refractivity contribution in [2.45, 2.75) is 348 Å². The van der Waals surface area contributed by atoms with Crippen LogP contribution >= 0.6 is 0 Å². The predicted octanol–water partition coefficient (Wildman–Crippen LogP) is 11.8. The van der Waals surface area contributed by atoms with Crippen LogP contribution in [0.15, 0.2) is 0 Å². The van der Waals surface area contributed by atoms with Crippen LogP contribution in [0.4, 0.5) is 0 Å². The zero-order chi connectivity index (χ0) is 43.9. The maximum Gasteiger partial charge on any atom is 1.00 e. The van der Waals surface area contributed by atoms with Gasteiger partial charge >= 0.3 is 48.4 Å². The van der Waals surface area contributed by atoms with E-state index in [0.29, 0.717) is 0 Å². The number of carboxylic acids is 2. The summed E-state index contributed by atoms with van der Waals surface area (Å²) in [4.78, 5) is 20.6. The van der Waals surface area contributed by atoms with E-state index < -0.39 is 11.9 Å². The number of rotatable bonds is 52. The molecule has 360 valence electrons. The third kappa shape index (κ3) is 72.1. The summed E-state index contributed by atoms with van der Waals surface area (Å²) >= 11 is 0. The summed E-state index contributed by atoms with van der Waals surface area (Å²) < 4.78 is 0.